The first-order valence-electron chi connectivity index (χ1n) is 11.8. The second kappa shape index (κ2) is 11.4. The number of allylic oxidation sites excluding steroid dienone is 1. The maximum Gasteiger partial charge on any atom is 0.407 e. The number of hydrogen-bond donors (Lipinski definition) is 2. The minimum atomic E-state index is -0.942. The molecule has 2 unspecified atom stereocenters. The third kappa shape index (κ3) is 5.70. The molecular weight excluding hydrogens is 464 g/mol. The molecule has 2 atom stereocenters. The van der Waals surface area contributed by atoms with Crippen LogP contribution in [0.15, 0.2) is 61.2 Å². The van der Waals surface area contributed by atoms with Crippen molar-refractivity contribution in [2.24, 2.45) is 0 Å². The number of amides is 2. The number of carboxylic acid groups (broad SMARTS) is 1. The second-order valence-electron chi connectivity index (χ2n) is 8.75. The Bertz CT molecular complexity index is 1060. The van der Waals surface area contributed by atoms with Gasteiger partial charge < -0.3 is 20.1 Å². The number of nitrogens with one attached hydrogen (secondary N) is 1. The first kappa shape index (κ1) is 24.9. The van der Waals surface area contributed by atoms with Crippen LogP contribution in [0.4, 0.5) is 4.79 Å². The molecule has 35 heavy (non-hydrogen) atoms. The Hall–Kier alpha value is -3.26. The maximum atomic E-state index is 13.3. The van der Waals surface area contributed by atoms with Gasteiger partial charge in [0.05, 0.1) is 12.5 Å². The lowest BCUT2D eigenvalue weighted by Crippen LogP contribution is -2.55. The smallest absolute Gasteiger partial charge is 0.407 e. The van der Waals surface area contributed by atoms with E-state index in [2.05, 4.69) is 36.2 Å². The molecule has 0 saturated carbocycles. The highest BCUT2D eigenvalue weighted by Crippen LogP contribution is 2.44. The predicted octanol–water partition coefficient (Wildman–Crippen LogP) is 4.28. The van der Waals surface area contributed by atoms with Crippen LogP contribution in [-0.2, 0) is 14.3 Å². The molecule has 4 rings (SSSR count). The molecule has 1 aliphatic heterocycles. The van der Waals surface area contributed by atoms with E-state index in [1.54, 1.807) is 22.7 Å². The Morgan fingerprint density at radius 1 is 1.14 bits per heavy atom. The van der Waals surface area contributed by atoms with Gasteiger partial charge in [0.1, 0.15) is 12.6 Å². The van der Waals surface area contributed by atoms with Crippen LogP contribution >= 0.6 is 11.8 Å². The summed E-state index contributed by atoms with van der Waals surface area (Å²) in [5.74, 6) is 0.0156. The first-order valence-corrected chi connectivity index (χ1v) is 13.0. The Morgan fingerprint density at radius 3 is 2.43 bits per heavy atom. The molecule has 7 nitrogen and oxygen atoms in total. The maximum absolute atomic E-state index is 13.3. The van der Waals surface area contributed by atoms with Crippen LogP contribution in [0.25, 0.3) is 11.1 Å². The number of hydrogen-bond acceptors (Lipinski definition) is 5. The molecular formula is C27H30N2O5S. The highest BCUT2D eigenvalue weighted by atomic mass is 32.2. The normalized spacial score (nSPS) is 17.7. The third-order valence-electron chi connectivity index (χ3n) is 6.51. The van der Waals surface area contributed by atoms with Crippen molar-refractivity contribution >= 4 is 29.7 Å². The molecule has 2 N–H and O–H groups in total. The van der Waals surface area contributed by atoms with Crippen molar-refractivity contribution in [2.75, 3.05) is 24.7 Å². The van der Waals surface area contributed by atoms with Crippen LogP contribution in [0.5, 0.6) is 0 Å². The number of rotatable bonds is 9. The molecule has 2 amide bonds. The molecule has 0 aromatic heterocycles. The third-order valence-corrected chi connectivity index (χ3v) is 7.61. The molecule has 8 heteroatoms. The van der Waals surface area contributed by atoms with Gasteiger partial charge in [-0.1, -0.05) is 54.6 Å². The fraction of sp³-hybridized carbons (Fsp3) is 0.370. The van der Waals surface area contributed by atoms with Gasteiger partial charge in [0.25, 0.3) is 0 Å². The van der Waals surface area contributed by atoms with E-state index >= 15 is 0 Å². The van der Waals surface area contributed by atoms with E-state index in [0.29, 0.717) is 25.1 Å². The number of fused-ring (bicyclic) bond motifs is 3. The Morgan fingerprint density at radius 2 is 1.80 bits per heavy atom. The molecule has 1 saturated heterocycles. The van der Waals surface area contributed by atoms with Crippen LogP contribution in [0.3, 0.4) is 0 Å². The van der Waals surface area contributed by atoms with E-state index in [4.69, 9.17) is 4.74 Å². The van der Waals surface area contributed by atoms with Gasteiger partial charge in [0.15, 0.2) is 0 Å². The summed E-state index contributed by atoms with van der Waals surface area (Å²) in [5, 5.41) is 12.0. The Balaban J connectivity index is 1.43. The summed E-state index contributed by atoms with van der Waals surface area (Å²) in [7, 11) is 0. The number of benzene rings is 2. The molecule has 2 aliphatic rings. The van der Waals surface area contributed by atoms with Crippen LogP contribution in [0.1, 0.15) is 36.3 Å². The number of carboxylic acids is 1. The summed E-state index contributed by atoms with van der Waals surface area (Å²) >= 11 is 1.64. The minimum absolute atomic E-state index is 0.0745. The monoisotopic (exact) mass is 494 g/mol. The van der Waals surface area contributed by atoms with Crippen molar-refractivity contribution in [2.45, 2.75) is 37.3 Å². The van der Waals surface area contributed by atoms with Gasteiger partial charge in [-0.05, 0) is 35.1 Å². The number of carbonyl (C=O) groups is 3. The number of thioether (sulfide) groups is 1. The fourth-order valence-electron chi connectivity index (χ4n) is 4.84. The van der Waals surface area contributed by atoms with Gasteiger partial charge >= 0.3 is 12.1 Å². The molecule has 1 fully saturated rings. The lowest BCUT2D eigenvalue weighted by Gasteiger charge is -2.37. The summed E-state index contributed by atoms with van der Waals surface area (Å²) in [4.78, 5) is 39.0. The fourth-order valence-corrected chi connectivity index (χ4v) is 5.90. The van der Waals surface area contributed by atoms with Gasteiger partial charge in [-0.3, -0.25) is 9.59 Å². The zero-order valence-corrected chi connectivity index (χ0v) is 20.3. The molecule has 0 bridgehead atoms. The van der Waals surface area contributed by atoms with E-state index < -0.39 is 24.1 Å². The van der Waals surface area contributed by atoms with Gasteiger partial charge in [0, 0.05) is 24.0 Å². The van der Waals surface area contributed by atoms with E-state index in [1.807, 2.05) is 24.3 Å². The molecule has 1 heterocycles. The zero-order valence-electron chi connectivity index (χ0n) is 19.5. The van der Waals surface area contributed by atoms with Crippen LogP contribution in [0.2, 0.25) is 0 Å². The first-order chi connectivity index (χ1) is 17.0. The lowest BCUT2D eigenvalue weighted by molar-refractivity contribution is -0.141. The second-order valence-corrected chi connectivity index (χ2v) is 9.90. The Labute approximate surface area is 209 Å². The molecule has 184 valence electrons. The lowest BCUT2D eigenvalue weighted by atomic mass is 9.98. The summed E-state index contributed by atoms with van der Waals surface area (Å²) < 4.78 is 5.63. The van der Waals surface area contributed by atoms with Gasteiger partial charge in [-0.15, -0.1) is 6.58 Å². The number of ether oxygens (including phenoxy) is 1. The molecule has 2 aromatic rings. The van der Waals surface area contributed by atoms with Crippen LogP contribution in [0, 0.1) is 0 Å². The number of aliphatic carboxylic acids is 1. The summed E-state index contributed by atoms with van der Waals surface area (Å²) in [6, 6.07) is 15.0. The largest absolute Gasteiger partial charge is 0.481 e. The van der Waals surface area contributed by atoms with Crippen molar-refractivity contribution in [3.8, 4) is 11.1 Å². The summed E-state index contributed by atoms with van der Waals surface area (Å²) in [6.07, 6.45) is 1.83. The molecule has 0 radical (unpaired) electrons. The number of nitrogens with zero attached hydrogens (tertiary/aromatic N) is 1. The van der Waals surface area contributed by atoms with Crippen molar-refractivity contribution in [3.63, 3.8) is 0 Å². The standard InChI is InChI=1S/C27H30N2O5S/c1-2-3-12-24(26(32)29-13-14-35-17-18(29)15-25(30)31)28-27(33)34-16-23-21-10-6-4-8-19(21)20-9-5-7-11-22(20)23/h2,4-11,18,23-24H,1,3,12-17H2,(H,28,33)(H,30,31). The van der Waals surface area contributed by atoms with Crippen LogP contribution in [-0.4, -0.2) is 64.7 Å². The van der Waals surface area contributed by atoms with Crippen molar-refractivity contribution in [1.82, 2.24) is 10.2 Å². The topological polar surface area (TPSA) is 95.9 Å². The minimum Gasteiger partial charge on any atom is -0.481 e. The predicted molar refractivity (Wildman–Crippen MR) is 137 cm³/mol. The van der Waals surface area contributed by atoms with E-state index in [9.17, 15) is 19.5 Å². The molecule has 0 spiro atoms. The Kier molecular flexibility index (Phi) is 8.13. The number of carbonyl (C=O) groups excluding carboxylic acids is 2. The van der Waals surface area contributed by atoms with E-state index in [1.165, 1.54) is 0 Å². The average Bonchev–Trinajstić information content (AvgIpc) is 3.18. The van der Waals surface area contributed by atoms with Gasteiger partial charge in [-0.2, -0.15) is 11.8 Å². The SMILES string of the molecule is C=CCCC(NC(=O)OCC1c2ccccc2-c2ccccc21)C(=O)N1CCSCC1CC(=O)O. The molecule has 1 aliphatic carbocycles. The van der Waals surface area contributed by atoms with E-state index in [0.717, 1.165) is 28.0 Å². The summed E-state index contributed by atoms with van der Waals surface area (Å²) in [6.45, 7) is 4.33. The van der Waals surface area contributed by atoms with Crippen molar-refractivity contribution in [3.05, 3.63) is 72.3 Å². The van der Waals surface area contributed by atoms with Gasteiger partial charge in [-0.25, -0.2) is 4.79 Å². The van der Waals surface area contributed by atoms with Crippen molar-refractivity contribution in [1.29, 1.82) is 0 Å². The highest BCUT2D eigenvalue weighted by molar-refractivity contribution is 7.99. The van der Waals surface area contributed by atoms with Crippen molar-refractivity contribution < 1.29 is 24.2 Å². The quantitative estimate of drug-likeness (QED) is 0.505. The summed E-state index contributed by atoms with van der Waals surface area (Å²) in [5.41, 5.74) is 4.51. The molecule has 2 aromatic carbocycles. The van der Waals surface area contributed by atoms with Crippen LogP contribution < -0.4 is 5.32 Å². The highest BCUT2D eigenvalue weighted by Gasteiger charge is 2.34. The van der Waals surface area contributed by atoms with Gasteiger partial charge in [0.2, 0.25) is 5.91 Å². The van der Waals surface area contributed by atoms with E-state index in [-0.39, 0.29) is 24.9 Å². The zero-order chi connectivity index (χ0) is 24.8. The number of alkyl carbamates (subject to hydrolysis) is 1. The average molecular weight is 495 g/mol.